The molecule has 0 heterocycles. The SMILES string of the molecule is CNCCCCc1ccc(Oc2ccccc2)cc1. The van der Waals surface area contributed by atoms with E-state index in [2.05, 4.69) is 17.4 Å². The van der Waals surface area contributed by atoms with Crippen LogP contribution < -0.4 is 10.1 Å². The molecule has 2 nitrogen and oxygen atoms in total. The molecule has 2 aromatic rings. The van der Waals surface area contributed by atoms with Crippen LogP contribution in [0, 0.1) is 0 Å². The summed E-state index contributed by atoms with van der Waals surface area (Å²) in [5.41, 5.74) is 1.37. The molecule has 1 N–H and O–H groups in total. The summed E-state index contributed by atoms with van der Waals surface area (Å²) >= 11 is 0. The fraction of sp³-hybridized carbons (Fsp3) is 0.294. The van der Waals surface area contributed by atoms with Gasteiger partial charge in [-0.05, 0) is 62.7 Å². The summed E-state index contributed by atoms with van der Waals surface area (Å²) in [5, 5.41) is 3.17. The van der Waals surface area contributed by atoms with Crippen LogP contribution in [-0.2, 0) is 6.42 Å². The van der Waals surface area contributed by atoms with Gasteiger partial charge in [-0.15, -0.1) is 0 Å². The van der Waals surface area contributed by atoms with Crippen molar-refractivity contribution in [3.8, 4) is 11.5 Å². The van der Waals surface area contributed by atoms with Gasteiger partial charge in [0.05, 0.1) is 0 Å². The maximum atomic E-state index is 5.77. The van der Waals surface area contributed by atoms with E-state index >= 15 is 0 Å². The third-order valence-corrected chi connectivity index (χ3v) is 3.04. The van der Waals surface area contributed by atoms with Gasteiger partial charge in [0.25, 0.3) is 0 Å². The maximum Gasteiger partial charge on any atom is 0.127 e. The second-order valence-corrected chi connectivity index (χ2v) is 4.62. The molecule has 0 unspecified atom stereocenters. The second kappa shape index (κ2) is 7.59. The highest BCUT2D eigenvalue weighted by Crippen LogP contribution is 2.21. The maximum absolute atomic E-state index is 5.77. The summed E-state index contributed by atoms with van der Waals surface area (Å²) in [4.78, 5) is 0. The van der Waals surface area contributed by atoms with Gasteiger partial charge in [-0.25, -0.2) is 0 Å². The third kappa shape index (κ3) is 4.76. The quantitative estimate of drug-likeness (QED) is 0.754. The van der Waals surface area contributed by atoms with Gasteiger partial charge in [-0.2, -0.15) is 0 Å². The van der Waals surface area contributed by atoms with Crippen LogP contribution in [0.5, 0.6) is 11.5 Å². The Hall–Kier alpha value is -1.80. The fourth-order valence-corrected chi connectivity index (χ4v) is 1.98. The van der Waals surface area contributed by atoms with Crippen LogP contribution in [0.1, 0.15) is 18.4 Å². The molecule has 0 fully saturated rings. The van der Waals surface area contributed by atoms with Gasteiger partial charge in [0.1, 0.15) is 11.5 Å². The van der Waals surface area contributed by atoms with E-state index in [-0.39, 0.29) is 0 Å². The van der Waals surface area contributed by atoms with Gasteiger partial charge in [0.15, 0.2) is 0 Å². The largest absolute Gasteiger partial charge is 0.457 e. The first-order valence-corrected chi connectivity index (χ1v) is 6.85. The first kappa shape index (κ1) is 13.6. The number of ether oxygens (including phenoxy) is 1. The van der Waals surface area contributed by atoms with Crippen LogP contribution in [0.25, 0.3) is 0 Å². The Bertz CT molecular complexity index is 464. The van der Waals surface area contributed by atoms with E-state index in [1.807, 2.05) is 49.5 Å². The van der Waals surface area contributed by atoms with E-state index in [1.165, 1.54) is 18.4 Å². The summed E-state index contributed by atoms with van der Waals surface area (Å²) < 4.78 is 5.77. The lowest BCUT2D eigenvalue weighted by molar-refractivity contribution is 0.482. The van der Waals surface area contributed by atoms with Crippen molar-refractivity contribution in [2.24, 2.45) is 0 Å². The van der Waals surface area contributed by atoms with E-state index in [1.54, 1.807) is 0 Å². The van der Waals surface area contributed by atoms with Crippen LogP contribution in [0.4, 0.5) is 0 Å². The number of aryl methyl sites for hydroxylation is 1. The minimum absolute atomic E-state index is 0.879. The van der Waals surface area contributed by atoms with Crippen molar-refractivity contribution in [2.75, 3.05) is 13.6 Å². The second-order valence-electron chi connectivity index (χ2n) is 4.62. The predicted molar refractivity (Wildman–Crippen MR) is 79.8 cm³/mol. The van der Waals surface area contributed by atoms with Crippen LogP contribution in [-0.4, -0.2) is 13.6 Å². The lowest BCUT2D eigenvalue weighted by atomic mass is 10.1. The van der Waals surface area contributed by atoms with Crippen molar-refractivity contribution < 1.29 is 4.74 Å². The molecule has 2 rings (SSSR count). The Morgan fingerprint density at radius 2 is 1.53 bits per heavy atom. The van der Waals surface area contributed by atoms with Gasteiger partial charge in [0.2, 0.25) is 0 Å². The molecule has 2 aromatic carbocycles. The monoisotopic (exact) mass is 255 g/mol. The van der Waals surface area contributed by atoms with Gasteiger partial charge >= 0.3 is 0 Å². The number of para-hydroxylation sites is 1. The van der Waals surface area contributed by atoms with Crippen molar-refractivity contribution in [2.45, 2.75) is 19.3 Å². The average Bonchev–Trinajstić information content (AvgIpc) is 2.46. The Balaban J connectivity index is 1.84. The number of unbranched alkanes of at least 4 members (excludes halogenated alkanes) is 1. The summed E-state index contributed by atoms with van der Waals surface area (Å²) in [6, 6.07) is 18.3. The molecule has 0 aliphatic carbocycles. The van der Waals surface area contributed by atoms with Gasteiger partial charge in [0, 0.05) is 0 Å². The molecular weight excluding hydrogens is 234 g/mol. The zero-order valence-electron chi connectivity index (χ0n) is 11.4. The summed E-state index contributed by atoms with van der Waals surface area (Å²) in [6.07, 6.45) is 3.58. The normalized spacial score (nSPS) is 10.4. The molecule has 0 amide bonds. The highest BCUT2D eigenvalue weighted by molar-refractivity contribution is 5.32. The van der Waals surface area contributed by atoms with Crippen LogP contribution in [0.2, 0.25) is 0 Å². The number of nitrogens with one attached hydrogen (secondary N) is 1. The first-order valence-electron chi connectivity index (χ1n) is 6.85. The predicted octanol–water partition coefficient (Wildman–Crippen LogP) is 4.02. The van der Waals surface area contributed by atoms with Crippen molar-refractivity contribution in [1.82, 2.24) is 5.32 Å². The smallest absolute Gasteiger partial charge is 0.127 e. The average molecular weight is 255 g/mol. The first-order chi connectivity index (χ1) is 9.38. The Kier molecular flexibility index (Phi) is 5.45. The Morgan fingerprint density at radius 3 is 2.21 bits per heavy atom. The van der Waals surface area contributed by atoms with E-state index in [4.69, 9.17) is 4.74 Å². The topological polar surface area (TPSA) is 21.3 Å². The highest BCUT2D eigenvalue weighted by atomic mass is 16.5. The van der Waals surface area contributed by atoms with E-state index in [0.29, 0.717) is 0 Å². The lowest BCUT2D eigenvalue weighted by Crippen LogP contribution is -2.07. The molecule has 19 heavy (non-hydrogen) atoms. The van der Waals surface area contributed by atoms with Crippen molar-refractivity contribution >= 4 is 0 Å². The molecule has 0 aliphatic heterocycles. The fourth-order valence-electron chi connectivity index (χ4n) is 1.98. The van der Waals surface area contributed by atoms with Crippen LogP contribution in [0.15, 0.2) is 54.6 Å². The Labute approximate surface area is 115 Å². The molecule has 100 valence electrons. The van der Waals surface area contributed by atoms with Crippen LogP contribution in [0.3, 0.4) is 0 Å². The molecule has 0 aromatic heterocycles. The summed E-state index contributed by atoms with van der Waals surface area (Å²) in [6.45, 7) is 1.09. The summed E-state index contributed by atoms with van der Waals surface area (Å²) in [7, 11) is 2.00. The molecule has 0 saturated carbocycles. The molecule has 0 saturated heterocycles. The summed E-state index contributed by atoms with van der Waals surface area (Å²) in [5.74, 6) is 1.77. The molecular formula is C17H21NO. The van der Waals surface area contributed by atoms with Crippen molar-refractivity contribution in [3.05, 3.63) is 60.2 Å². The molecule has 2 heteroatoms. The van der Waals surface area contributed by atoms with E-state index in [9.17, 15) is 0 Å². The van der Waals surface area contributed by atoms with E-state index in [0.717, 1.165) is 24.5 Å². The number of hydrogen-bond acceptors (Lipinski definition) is 2. The highest BCUT2D eigenvalue weighted by Gasteiger charge is 1.97. The van der Waals surface area contributed by atoms with Gasteiger partial charge in [-0.3, -0.25) is 0 Å². The van der Waals surface area contributed by atoms with Crippen molar-refractivity contribution in [1.29, 1.82) is 0 Å². The number of rotatable bonds is 7. The minimum atomic E-state index is 0.879. The zero-order valence-corrected chi connectivity index (χ0v) is 11.4. The molecule has 0 atom stereocenters. The molecule has 0 aliphatic rings. The molecule has 0 radical (unpaired) electrons. The lowest BCUT2D eigenvalue weighted by Gasteiger charge is -2.06. The van der Waals surface area contributed by atoms with Gasteiger partial charge < -0.3 is 10.1 Å². The number of benzene rings is 2. The third-order valence-electron chi connectivity index (χ3n) is 3.04. The Morgan fingerprint density at radius 1 is 0.842 bits per heavy atom. The number of hydrogen-bond donors (Lipinski definition) is 1. The van der Waals surface area contributed by atoms with E-state index < -0.39 is 0 Å². The zero-order chi connectivity index (χ0) is 13.3. The molecule has 0 bridgehead atoms. The minimum Gasteiger partial charge on any atom is -0.457 e. The van der Waals surface area contributed by atoms with Gasteiger partial charge in [-0.1, -0.05) is 30.3 Å². The van der Waals surface area contributed by atoms with Crippen molar-refractivity contribution in [3.63, 3.8) is 0 Å². The molecule has 0 spiro atoms. The standard InChI is InChI=1S/C17H21NO/c1-18-14-6-5-7-15-10-12-17(13-11-15)19-16-8-3-2-4-9-16/h2-4,8-13,18H,5-7,14H2,1H3. The van der Waals surface area contributed by atoms with Crippen LogP contribution >= 0.6 is 0 Å².